The van der Waals surface area contributed by atoms with Gasteiger partial charge in [-0.2, -0.15) is 0 Å². The molecule has 82 valence electrons. The minimum Gasteiger partial charge on any atom is -0.384 e. The van der Waals surface area contributed by atoms with Crippen molar-refractivity contribution in [2.24, 2.45) is 11.7 Å². The van der Waals surface area contributed by atoms with Gasteiger partial charge < -0.3 is 11.5 Å². The third-order valence-corrected chi connectivity index (χ3v) is 2.23. The van der Waals surface area contributed by atoms with Crippen LogP contribution in [0.4, 0.5) is 5.82 Å². The second-order valence-corrected chi connectivity index (χ2v) is 3.85. The van der Waals surface area contributed by atoms with Crippen molar-refractivity contribution in [3.63, 3.8) is 0 Å². The summed E-state index contributed by atoms with van der Waals surface area (Å²) in [5, 5.41) is 0. The Morgan fingerprint density at radius 3 is 2.93 bits per heavy atom. The van der Waals surface area contributed by atoms with Crippen LogP contribution < -0.4 is 11.5 Å². The van der Waals surface area contributed by atoms with Gasteiger partial charge in [-0.15, -0.1) is 0 Å². The van der Waals surface area contributed by atoms with Crippen LogP contribution >= 0.6 is 0 Å². The van der Waals surface area contributed by atoms with Gasteiger partial charge >= 0.3 is 0 Å². The van der Waals surface area contributed by atoms with Gasteiger partial charge in [0.2, 0.25) is 0 Å². The Morgan fingerprint density at radius 1 is 1.60 bits per heavy atom. The quantitative estimate of drug-likeness (QED) is 0.746. The highest BCUT2D eigenvalue weighted by Gasteiger charge is 2.08. The van der Waals surface area contributed by atoms with Gasteiger partial charge in [-0.1, -0.05) is 6.92 Å². The zero-order valence-electron chi connectivity index (χ0n) is 8.94. The van der Waals surface area contributed by atoms with Crippen molar-refractivity contribution in [2.45, 2.75) is 19.8 Å². The van der Waals surface area contributed by atoms with E-state index in [1.165, 1.54) is 0 Å². The van der Waals surface area contributed by atoms with E-state index in [9.17, 15) is 4.79 Å². The average molecular weight is 207 g/mol. The molecule has 0 amide bonds. The van der Waals surface area contributed by atoms with Crippen LogP contribution in [0.1, 0.15) is 18.9 Å². The molecular weight excluding hydrogens is 190 g/mol. The molecule has 1 heterocycles. The largest absolute Gasteiger partial charge is 0.384 e. The van der Waals surface area contributed by atoms with Crippen LogP contribution in [0, 0.1) is 5.92 Å². The van der Waals surface area contributed by atoms with E-state index < -0.39 is 0 Å². The summed E-state index contributed by atoms with van der Waals surface area (Å²) in [5.41, 5.74) is 11.9. The van der Waals surface area contributed by atoms with E-state index in [4.69, 9.17) is 11.5 Å². The summed E-state index contributed by atoms with van der Waals surface area (Å²) < 4.78 is 0. The van der Waals surface area contributed by atoms with E-state index in [0.717, 1.165) is 5.56 Å². The van der Waals surface area contributed by atoms with E-state index in [2.05, 4.69) is 4.98 Å². The highest BCUT2D eigenvalue weighted by Crippen LogP contribution is 2.08. The maximum Gasteiger partial charge on any atom is 0.137 e. The number of ketones is 1. The SMILES string of the molecule is CC(CN)CC(=O)Cc1ccnc(N)c1. The maximum absolute atomic E-state index is 11.6. The van der Waals surface area contributed by atoms with Crippen molar-refractivity contribution in [1.29, 1.82) is 0 Å². The van der Waals surface area contributed by atoms with Gasteiger partial charge in [0.1, 0.15) is 11.6 Å². The topological polar surface area (TPSA) is 82.0 Å². The van der Waals surface area contributed by atoms with Gasteiger partial charge in [-0.05, 0) is 30.2 Å². The van der Waals surface area contributed by atoms with Crippen LogP contribution in [0.2, 0.25) is 0 Å². The maximum atomic E-state index is 11.6. The fraction of sp³-hybridized carbons (Fsp3) is 0.455. The summed E-state index contributed by atoms with van der Waals surface area (Å²) in [5.74, 6) is 0.891. The minimum absolute atomic E-state index is 0.193. The molecule has 0 saturated carbocycles. The highest BCUT2D eigenvalue weighted by atomic mass is 16.1. The Labute approximate surface area is 89.7 Å². The zero-order chi connectivity index (χ0) is 11.3. The molecule has 0 bridgehead atoms. The van der Waals surface area contributed by atoms with Crippen LogP contribution in [0.5, 0.6) is 0 Å². The minimum atomic E-state index is 0.193. The number of hydrogen-bond acceptors (Lipinski definition) is 4. The molecule has 1 rings (SSSR count). The van der Waals surface area contributed by atoms with Crippen molar-refractivity contribution in [3.8, 4) is 0 Å². The molecule has 1 aromatic rings. The van der Waals surface area contributed by atoms with Crippen LogP contribution in [0.3, 0.4) is 0 Å². The first kappa shape index (κ1) is 11.7. The number of nitrogen functional groups attached to an aromatic ring is 1. The molecule has 4 nitrogen and oxygen atoms in total. The summed E-state index contributed by atoms with van der Waals surface area (Å²) in [6, 6.07) is 3.53. The molecule has 0 aliphatic carbocycles. The Bertz CT molecular complexity index is 338. The summed E-state index contributed by atoms with van der Waals surface area (Å²) in [7, 11) is 0. The van der Waals surface area contributed by atoms with E-state index in [1.54, 1.807) is 18.3 Å². The predicted molar refractivity (Wildman–Crippen MR) is 60.2 cm³/mol. The number of aromatic nitrogens is 1. The molecule has 1 unspecified atom stereocenters. The molecular formula is C11H17N3O. The zero-order valence-corrected chi connectivity index (χ0v) is 8.94. The lowest BCUT2D eigenvalue weighted by Crippen LogP contribution is -2.16. The number of nitrogens with two attached hydrogens (primary N) is 2. The second kappa shape index (κ2) is 5.46. The molecule has 0 fully saturated rings. The van der Waals surface area contributed by atoms with Crippen molar-refractivity contribution < 1.29 is 4.79 Å². The first-order valence-electron chi connectivity index (χ1n) is 5.04. The summed E-state index contributed by atoms with van der Waals surface area (Å²) in [4.78, 5) is 15.4. The number of hydrogen-bond donors (Lipinski definition) is 2. The number of pyridine rings is 1. The molecule has 0 radical (unpaired) electrons. The summed E-state index contributed by atoms with van der Waals surface area (Å²) >= 11 is 0. The lowest BCUT2D eigenvalue weighted by molar-refractivity contribution is -0.119. The number of carbonyl (C=O) groups is 1. The third kappa shape index (κ3) is 4.08. The van der Waals surface area contributed by atoms with E-state index in [0.29, 0.717) is 25.2 Å². The van der Waals surface area contributed by atoms with Gasteiger partial charge in [-0.3, -0.25) is 4.79 Å². The van der Waals surface area contributed by atoms with Gasteiger partial charge in [0.15, 0.2) is 0 Å². The Kier molecular flexibility index (Phi) is 4.24. The molecule has 15 heavy (non-hydrogen) atoms. The molecule has 4 N–H and O–H groups in total. The molecule has 4 heteroatoms. The van der Waals surface area contributed by atoms with E-state index >= 15 is 0 Å². The van der Waals surface area contributed by atoms with Gasteiger partial charge in [0.25, 0.3) is 0 Å². The predicted octanol–water partition coefficient (Wildman–Crippen LogP) is 0.760. The standard InChI is InChI=1S/C11H17N3O/c1-8(7-12)4-10(15)5-9-2-3-14-11(13)6-9/h2-3,6,8H,4-5,7,12H2,1H3,(H2,13,14). The second-order valence-electron chi connectivity index (χ2n) is 3.85. The monoisotopic (exact) mass is 207 g/mol. The number of carbonyl (C=O) groups excluding carboxylic acids is 1. The fourth-order valence-corrected chi connectivity index (χ4v) is 1.38. The molecule has 1 aromatic heterocycles. The van der Waals surface area contributed by atoms with Crippen molar-refractivity contribution >= 4 is 11.6 Å². The molecule has 0 aliphatic heterocycles. The lowest BCUT2D eigenvalue weighted by atomic mass is 10.0. The van der Waals surface area contributed by atoms with Crippen LogP contribution in [-0.4, -0.2) is 17.3 Å². The summed E-state index contributed by atoms with van der Waals surface area (Å²) in [6.07, 6.45) is 2.56. The van der Waals surface area contributed by atoms with E-state index in [1.807, 2.05) is 6.92 Å². The Morgan fingerprint density at radius 2 is 2.33 bits per heavy atom. The number of Topliss-reactive ketones (excluding diaryl/α,β-unsaturated/α-hetero) is 1. The fourth-order valence-electron chi connectivity index (χ4n) is 1.38. The molecule has 0 spiro atoms. The first-order valence-corrected chi connectivity index (χ1v) is 5.04. The summed E-state index contributed by atoms with van der Waals surface area (Å²) in [6.45, 7) is 2.52. The molecule has 0 aliphatic rings. The number of rotatable bonds is 5. The van der Waals surface area contributed by atoms with E-state index in [-0.39, 0.29) is 11.7 Å². The normalized spacial score (nSPS) is 12.4. The van der Waals surface area contributed by atoms with Gasteiger partial charge in [0, 0.05) is 19.0 Å². The molecule has 0 saturated heterocycles. The van der Waals surface area contributed by atoms with Crippen LogP contribution in [-0.2, 0) is 11.2 Å². The van der Waals surface area contributed by atoms with Crippen molar-refractivity contribution in [1.82, 2.24) is 4.98 Å². The Balaban J connectivity index is 2.51. The van der Waals surface area contributed by atoms with Crippen LogP contribution in [0.15, 0.2) is 18.3 Å². The first-order chi connectivity index (χ1) is 7.11. The molecule has 1 atom stereocenters. The average Bonchev–Trinajstić information content (AvgIpc) is 2.17. The number of nitrogens with zero attached hydrogens (tertiary/aromatic N) is 1. The van der Waals surface area contributed by atoms with Gasteiger partial charge in [0.05, 0.1) is 0 Å². The van der Waals surface area contributed by atoms with Crippen molar-refractivity contribution in [3.05, 3.63) is 23.9 Å². The van der Waals surface area contributed by atoms with Crippen molar-refractivity contribution in [2.75, 3.05) is 12.3 Å². The lowest BCUT2D eigenvalue weighted by Gasteiger charge is -2.07. The number of anilines is 1. The highest BCUT2D eigenvalue weighted by molar-refractivity contribution is 5.81. The van der Waals surface area contributed by atoms with Gasteiger partial charge in [-0.25, -0.2) is 4.98 Å². The third-order valence-electron chi connectivity index (χ3n) is 2.23. The van der Waals surface area contributed by atoms with Crippen LogP contribution in [0.25, 0.3) is 0 Å². The molecule has 0 aromatic carbocycles. The smallest absolute Gasteiger partial charge is 0.137 e. The Hall–Kier alpha value is -1.42.